The molecule has 2 aromatic carbocycles. The van der Waals surface area contributed by atoms with Crippen LogP contribution in [0.2, 0.25) is 15.1 Å². The molecule has 0 spiro atoms. The Kier molecular flexibility index (Phi) is 6.44. The van der Waals surface area contributed by atoms with Crippen molar-refractivity contribution in [3.63, 3.8) is 0 Å². The molecule has 31 heavy (non-hydrogen) atoms. The van der Waals surface area contributed by atoms with E-state index in [9.17, 15) is 9.90 Å². The molecule has 0 aliphatic carbocycles. The summed E-state index contributed by atoms with van der Waals surface area (Å²) in [4.78, 5) is 13.1. The monoisotopic (exact) mass is 478 g/mol. The Labute approximate surface area is 195 Å². The van der Waals surface area contributed by atoms with Crippen LogP contribution in [0.5, 0.6) is 5.75 Å². The van der Waals surface area contributed by atoms with Crippen LogP contribution in [0.1, 0.15) is 35.3 Å². The number of aromatic hydroxyl groups is 1. The normalized spacial score (nSPS) is 14.6. The van der Waals surface area contributed by atoms with Crippen LogP contribution >= 0.6 is 34.8 Å². The van der Waals surface area contributed by atoms with Crippen LogP contribution < -0.4 is 5.43 Å². The minimum atomic E-state index is -0.307. The highest BCUT2D eigenvalue weighted by atomic mass is 35.5. The number of hydrogen-bond acceptors (Lipinski definition) is 4. The van der Waals surface area contributed by atoms with Crippen LogP contribution in [0.15, 0.2) is 36.4 Å². The van der Waals surface area contributed by atoms with E-state index in [1.807, 2.05) is 24.1 Å². The molecule has 2 heterocycles. The molecule has 0 radical (unpaired) electrons. The third kappa shape index (κ3) is 4.53. The van der Waals surface area contributed by atoms with Gasteiger partial charge in [0.15, 0.2) is 5.69 Å². The number of aromatic nitrogens is 2. The molecule has 1 fully saturated rings. The first-order valence-electron chi connectivity index (χ1n) is 9.95. The smallest absolute Gasteiger partial charge is 0.286 e. The number of halogens is 3. The lowest BCUT2D eigenvalue weighted by Crippen LogP contribution is -2.45. The van der Waals surface area contributed by atoms with Crippen molar-refractivity contribution in [2.45, 2.75) is 26.2 Å². The summed E-state index contributed by atoms with van der Waals surface area (Å²) in [7, 11) is 0. The topological polar surface area (TPSA) is 70.4 Å². The molecule has 1 aliphatic rings. The zero-order chi connectivity index (χ0) is 22.1. The molecule has 0 saturated carbocycles. The first kappa shape index (κ1) is 22.0. The lowest BCUT2D eigenvalue weighted by atomic mass is 10.1. The van der Waals surface area contributed by atoms with E-state index in [4.69, 9.17) is 34.8 Å². The summed E-state index contributed by atoms with van der Waals surface area (Å²) in [6, 6.07) is 10.1. The molecule has 0 atom stereocenters. The molecule has 162 valence electrons. The van der Waals surface area contributed by atoms with Crippen molar-refractivity contribution in [1.82, 2.24) is 20.2 Å². The van der Waals surface area contributed by atoms with E-state index >= 15 is 0 Å². The summed E-state index contributed by atoms with van der Waals surface area (Å²) in [5.41, 5.74) is 5.50. The third-order valence-corrected chi connectivity index (χ3v) is 6.05. The van der Waals surface area contributed by atoms with Crippen molar-refractivity contribution in [1.29, 1.82) is 0 Å². The number of nitrogens with one attached hydrogen (secondary N) is 1. The average Bonchev–Trinajstić information content (AvgIpc) is 3.05. The van der Waals surface area contributed by atoms with Gasteiger partial charge in [-0.25, -0.2) is 9.69 Å². The lowest BCUT2D eigenvalue weighted by molar-refractivity contribution is 0.0743. The van der Waals surface area contributed by atoms with Gasteiger partial charge in [-0.2, -0.15) is 5.10 Å². The highest BCUT2D eigenvalue weighted by molar-refractivity contribution is 6.36. The van der Waals surface area contributed by atoms with Gasteiger partial charge in [0.05, 0.1) is 10.7 Å². The van der Waals surface area contributed by atoms with Crippen molar-refractivity contribution in [2.75, 3.05) is 13.1 Å². The van der Waals surface area contributed by atoms with Crippen LogP contribution in [0.3, 0.4) is 0 Å². The number of carbonyl (C=O) groups excluding carboxylic acids is 1. The Hall–Kier alpha value is -2.25. The molecule has 0 unspecified atom stereocenters. The minimum absolute atomic E-state index is 0.141. The summed E-state index contributed by atoms with van der Waals surface area (Å²) in [6.45, 7) is 3.43. The van der Waals surface area contributed by atoms with Crippen molar-refractivity contribution < 1.29 is 9.90 Å². The first-order chi connectivity index (χ1) is 14.8. The summed E-state index contributed by atoms with van der Waals surface area (Å²) in [5, 5.41) is 18.1. The Morgan fingerprint density at radius 2 is 1.71 bits per heavy atom. The number of carbonyl (C=O) groups is 1. The Morgan fingerprint density at radius 1 is 1.03 bits per heavy atom. The number of phenols is 1. The molecule has 4 rings (SSSR count). The maximum atomic E-state index is 13.1. The van der Waals surface area contributed by atoms with Crippen molar-refractivity contribution in [3.8, 4) is 22.7 Å². The van der Waals surface area contributed by atoms with Crippen LogP contribution in [-0.4, -0.2) is 38.9 Å². The average molecular weight is 480 g/mol. The largest absolute Gasteiger partial charge is 0.506 e. The Morgan fingerprint density at radius 3 is 2.35 bits per heavy atom. The fourth-order valence-electron chi connectivity index (χ4n) is 3.78. The van der Waals surface area contributed by atoms with Gasteiger partial charge in [0.1, 0.15) is 11.4 Å². The molecule has 1 saturated heterocycles. The van der Waals surface area contributed by atoms with Crippen molar-refractivity contribution in [2.24, 2.45) is 0 Å². The van der Waals surface area contributed by atoms with Crippen molar-refractivity contribution in [3.05, 3.63) is 62.7 Å². The molecule has 2 N–H and O–H groups in total. The Balaban J connectivity index is 1.84. The van der Waals surface area contributed by atoms with Crippen LogP contribution in [0.25, 0.3) is 16.9 Å². The number of hydrogen-bond donors (Lipinski definition) is 2. The maximum Gasteiger partial charge on any atom is 0.286 e. The summed E-state index contributed by atoms with van der Waals surface area (Å²) >= 11 is 18.5. The number of hydrazine groups is 1. The third-order valence-electron chi connectivity index (χ3n) is 5.29. The standard InChI is InChI=1S/C22H21Cl3N4O2/c1-13-19(22(31)27-28-9-3-2-4-10-28)26-29(20(13)14-5-7-15(23)8-6-14)21-17(25)11-16(24)12-18(21)30/h5-8,11-12,30H,2-4,9-10H2,1H3,(H,27,31). The molecule has 0 bridgehead atoms. The molecule has 3 aromatic rings. The number of amides is 1. The molecule has 1 amide bonds. The number of piperidine rings is 1. The molecule has 9 heteroatoms. The highest BCUT2D eigenvalue weighted by Crippen LogP contribution is 2.38. The second-order valence-electron chi connectivity index (χ2n) is 7.48. The zero-order valence-corrected chi connectivity index (χ0v) is 19.1. The molecule has 1 aliphatic heterocycles. The van der Waals surface area contributed by atoms with Crippen LogP contribution in [0, 0.1) is 6.92 Å². The summed E-state index contributed by atoms with van der Waals surface area (Å²) in [6.07, 6.45) is 3.24. The number of phenolic OH excluding ortho intramolecular Hbond substituents is 1. The second-order valence-corrected chi connectivity index (χ2v) is 8.76. The second kappa shape index (κ2) is 9.09. The molecule has 6 nitrogen and oxygen atoms in total. The van der Waals surface area contributed by atoms with Gasteiger partial charge < -0.3 is 5.11 Å². The quantitative estimate of drug-likeness (QED) is 0.508. The SMILES string of the molecule is Cc1c(C(=O)NN2CCCCC2)nn(-c2c(O)cc(Cl)cc2Cl)c1-c1ccc(Cl)cc1. The minimum Gasteiger partial charge on any atom is -0.506 e. The van der Waals surface area contributed by atoms with E-state index in [-0.39, 0.29) is 28.1 Å². The highest BCUT2D eigenvalue weighted by Gasteiger charge is 2.26. The number of benzene rings is 2. The van der Waals surface area contributed by atoms with Gasteiger partial charge in [-0.1, -0.05) is 53.4 Å². The fraction of sp³-hybridized carbons (Fsp3) is 0.273. The van der Waals surface area contributed by atoms with Gasteiger partial charge in [-0.3, -0.25) is 10.2 Å². The van der Waals surface area contributed by atoms with Crippen LogP contribution in [0.4, 0.5) is 0 Å². The van der Waals surface area contributed by atoms with E-state index < -0.39 is 0 Å². The number of nitrogens with zero attached hydrogens (tertiary/aromatic N) is 3. The van der Waals surface area contributed by atoms with Gasteiger partial charge in [0, 0.05) is 40.3 Å². The predicted octanol–water partition coefficient (Wildman–Crippen LogP) is 5.64. The summed E-state index contributed by atoms with van der Waals surface area (Å²) < 4.78 is 1.48. The van der Waals surface area contributed by atoms with Gasteiger partial charge in [0.25, 0.3) is 5.91 Å². The number of rotatable bonds is 4. The van der Waals surface area contributed by atoms with Gasteiger partial charge in [-0.05, 0) is 38.0 Å². The van der Waals surface area contributed by atoms with Gasteiger partial charge in [0.2, 0.25) is 0 Å². The van der Waals surface area contributed by atoms with E-state index in [0.717, 1.165) is 37.9 Å². The van der Waals surface area contributed by atoms with E-state index in [1.165, 1.54) is 16.8 Å². The molecule has 1 aromatic heterocycles. The maximum absolute atomic E-state index is 13.1. The van der Waals surface area contributed by atoms with Gasteiger partial charge >= 0.3 is 0 Å². The summed E-state index contributed by atoms with van der Waals surface area (Å²) in [5.74, 6) is -0.448. The molecular formula is C22H21Cl3N4O2. The van der Waals surface area contributed by atoms with Gasteiger partial charge in [-0.15, -0.1) is 0 Å². The van der Waals surface area contributed by atoms with E-state index in [2.05, 4.69) is 10.5 Å². The fourth-order valence-corrected chi connectivity index (χ4v) is 4.47. The first-order valence-corrected chi connectivity index (χ1v) is 11.1. The van der Waals surface area contributed by atoms with E-state index in [1.54, 1.807) is 12.1 Å². The lowest BCUT2D eigenvalue weighted by Gasteiger charge is -2.26. The Bertz CT molecular complexity index is 1100. The zero-order valence-electron chi connectivity index (χ0n) is 16.8. The predicted molar refractivity (Wildman–Crippen MR) is 123 cm³/mol. The van der Waals surface area contributed by atoms with E-state index in [0.29, 0.717) is 21.3 Å². The van der Waals surface area contributed by atoms with Crippen molar-refractivity contribution >= 4 is 40.7 Å². The molecular weight excluding hydrogens is 459 g/mol. The van der Waals surface area contributed by atoms with Crippen LogP contribution in [-0.2, 0) is 0 Å².